The van der Waals surface area contributed by atoms with Crippen LogP contribution in [-0.2, 0) is 4.79 Å². The van der Waals surface area contributed by atoms with Crippen LogP contribution >= 0.6 is 0 Å². The second-order valence-corrected chi connectivity index (χ2v) is 9.06. The van der Waals surface area contributed by atoms with Gasteiger partial charge in [0.15, 0.2) is 0 Å². The average molecular weight is 497 g/mol. The van der Waals surface area contributed by atoms with Crippen molar-refractivity contribution in [3.05, 3.63) is 59.4 Å². The van der Waals surface area contributed by atoms with E-state index in [4.69, 9.17) is 9.90 Å². The van der Waals surface area contributed by atoms with Gasteiger partial charge in [-0.2, -0.15) is 13.2 Å². The maximum atomic E-state index is 13.4. The van der Waals surface area contributed by atoms with Gasteiger partial charge in [-0.25, -0.2) is 9.18 Å². The molecule has 0 radical (unpaired) electrons. The van der Waals surface area contributed by atoms with Crippen LogP contribution in [0.4, 0.5) is 28.9 Å². The first kappa shape index (κ1) is 26.6. The van der Waals surface area contributed by atoms with Crippen molar-refractivity contribution in [2.75, 3.05) is 25.0 Å². The molecule has 0 aliphatic carbocycles. The molecule has 2 heterocycles. The monoisotopic (exact) mass is 496 g/mol. The Labute approximate surface area is 201 Å². The molecule has 0 aromatic heterocycles. The molecule has 2 fully saturated rings. The van der Waals surface area contributed by atoms with Crippen LogP contribution in [0.2, 0.25) is 0 Å². The quantitative estimate of drug-likeness (QED) is 0.417. The first-order valence-corrected chi connectivity index (χ1v) is 11.5. The van der Waals surface area contributed by atoms with E-state index >= 15 is 0 Å². The second-order valence-electron chi connectivity index (χ2n) is 9.06. The maximum Gasteiger partial charge on any atom is 0.490 e. The van der Waals surface area contributed by atoms with E-state index in [9.17, 15) is 22.4 Å². The molecule has 0 saturated carbocycles. The number of nitrogens with one attached hydrogen (secondary N) is 2. The highest BCUT2D eigenvalue weighted by molar-refractivity contribution is 6.04. The normalized spacial score (nSPS) is 23.9. The highest BCUT2D eigenvalue weighted by Gasteiger charge is 2.48. The molecule has 2 aliphatic rings. The molecule has 2 aromatic carbocycles. The number of hydrogen-bond donors (Lipinski definition) is 3. The zero-order chi connectivity index (χ0) is 25.8. The number of carboxylic acids is 1. The lowest BCUT2D eigenvalue weighted by molar-refractivity contribution is -0.192. The van der Waals surface area contributed by atoms with Gasteiger partial charge in [0, 0.05) is 55.2 Å². The van der Waals surface area contributed by atoms with Gasteiger partial charge in [0.1, 0.15) is 17.5 Å². The first-order chi connectivity index (χ1) is 16.4. The molecule has 2 aliphatic heterocycles. The van der Waals surface area contributed by atoms with E-state index in [0.717, 1.165) is 23.3 Å². The Hall–Kier alpha value is -2.98. The summed E-state index contributed by atoms with van der Waals surface area (Å²) in [5.74, 6) is -3.45. The number of carbonyl (C=O) groups is 2. The summed E-state index contributed by atoms with van der Waals surface area (Å²) >= 11 is 0. The molecule has 0 bridgehead atoms. The Balaban J connectivity index is 0.000000429. The average Bonchev–Trinajstić information content (AvgIpc) is 3.44. The topological polar surface area (TPSA) is 78.4 Å². The molecule has 35 heavy (non-hydrogen) atoms. The Kier molecular flexibility index (Phi) is 8.17. The number of alkyl halides is 3. The van der Waals surface area contributed by atoms with Crippen LogP contribution in [0.3, 0.4) is 0 Å². The number of rotatable bonds is 4. The fourth-order valence-corrected chi connectivity index (χ4v) is 5.26. The van der Waals surface area contributed by atoms with E-state index in [1.807, 2.05) is 6.07 Å². The Morgan fingerprint density at radius 2 is 1.86 bits per heavy atom. The third-order valence-electron chi connectivity index (χ3n) is 6.85. The van der Waals surface area contributed by atoms with Gasteiger partial charge in [0.25, 0.3) is 5.91 Å². The number of aryl methyl sites for hydroxylation is 1. The summed E-state index contributed by atoms with van der Waals surface area (Å²) in [6.45, 7) is 7.87. The van der Waals surface area contributed by atoms with E-state index in [1.165, 1.54) is 49.2 Å². The molecule has 3 N–H and O–H groups in total. The van der Waals surface area contributed by atoms with E-state index in [2.05, 4.69) is 36.6 Å². The number of carbonyl (C=O) groups excluding carboxylic acids is 1. The number of quaternary nitrogens is 1. The minimum atomic E-state index is -5.08. The van der Waals surface area contributed by atoms with Crippen LogP contribution in [0.25, 0.3) is 0 Å². The van der Waals surface area contributed by atoms with Crippen LogP contribution in [0.15, 0.2) is 42.5 Å². The molecule has 0 spiro atoms. The maximum absolute atomic E-state index is 13.4. The first-order valence-electron chi connectivity index (χ1n) is 11.5. The van der Waals surface area contributed by atoms with Gasteiger partial charge in [0.2, 0.25) is 0 Å². The third-order valence-corrected chi connectivity index (χ3v) is 6.85. The summed E-state index contributed by atoms with van der Waals surface area (Å²) < 4.78 is 46.2. The third kappa shape index (κ3) is 5.99. The summed E-state index contributed by atoms with van der Waals surface area (Å²) in [6, 6.07) is 13.2. The number of halogens is 4. The predicted molar refractivity (Wildman–Crippen MR) is 126 cm³/mol. The summed E-state index contributed by atoms with van der Waals surface area (Å²) in [7, 11) is 0. The zero-order valence-corrected chi connectivity index (χ0v) is 19.7. The van der Waals surface area contributed by atoms with Crippen LogP contribution in [0.1, 0.15) is 42.1 Å². The fraction of sp³-hybridized carbons (Fsp3) is 0.440. The molecule has 1 amide bonds. The smallest absolute Gasteiger partial charge is 0.475 e. The summed E-state index contributed by atoms with van der Waals surface area (Å²) in [4.78, 5) is 21.3. The van der Waals surface area contributed by atoms with Crippen LogP contribution in [0, 0.1) is 12.7 Å². The number of nitrogens with zero attached hydrogens (tertiary/aromatic N) is 1. The standard InChI is InChI=1S/C23H28FN3O.C2HF3O2/c1-16-13-20(26-23(28)18-6-3-7-19(24)14-18)8-9-22(16)27(12-4-5-17(27)2)21-10-11-25-15-21;3-2(4,5)1(6)7/h3,6-9,13-14,17,21,25H,4-5,10-12,15H2,1-2H3;(H,6,7)/p+1. The van der Waals surface area contributed by atoms with Gasteiger partial charge in [-0.05, 0) is 44.2 Å². The molecule has 2 saturated heterocycles. The van der Waals surface area contributed by atoms with Crippen molar-refractivity contribution in [1.82, 2.24) is 9.80 Å². The lowest BCUT2D eigenvalue weighted by atomic mass is 10.0. The van der Waals surface area contributed by atoms with Crippen molar-refractivity contribution in [1.29, 1.82) is 0 Å². The largest absolute Gasteiger partial charge is 0.490 e. The molecular weight excluding hydrogens is 466 g/mol. The Morgan fingerprint density at radius 3 is 2.37 bits per heavy atom. The number of amides is 1. The number of carboxylic acid groups (broad SMARTS) is 1. The number of aliphatic carboxylic acids is 1. The lowest BCUT2D eigenvalue weighted by Gasteiger charge is -2.44. The van der Waals surface area contributed by atoms with Crippen LogP contribution in [-0.4, -0.2) is 54.9 Å². The van der Waals surface area contributed by atoms with Gasteiger partial charge in [-0.1, -0.05) is 6.07 Å². The highest BCUT2D eigenvalue weighted by atomic mass is 19.4. The van der Waals surface area contributed by atoms with E-state index in [1.54, 1.807) is 12.1 Å². The molecule has 4 rings (SSSR count). The summed E-state index contributed by atoms with van der Waals surface area (Å²) in [5, 5.41) is 13.6. The number of benzene rings is 2. The minimum absolute atomic E-state index is 0.287. The molecule has 2 aromatic rings. The van der Waals surface area contributed by atoms with Gasteiger partial charge >= 0.3 is 12.1 Å². The van der Waals surface area contributed by atoms with Gasteiger partial charge in [-0.15, -0.1) is 0 Å². The SMILES string of the molecule is Cc1cc(NC(=O)c2cccc(F)c2)ccc1[N+]1(C2CCNC2)CCCC1C.O=C(O)C(F)(F)F. The van der Waals surface area contributed by atoms with Crippen molar-refractivity contribution >= 4 is 23.3 Å². The minimum Gasteiger partial charge on any atom is -0.475 e. The van der Waals surface area contributed by atoms with Crippen molar-refractivity contribution < 1.29 is 32.3 Å². The predicted octanol–water partition coefficient (Wildman–Crippen LogP) is 4.87. The highest BCUT2D eigenvalue weighted by Crippen LogP contribution is 2.41. The Bertz CT molecular complexity index is 1070. The molecular formula is C25H30F4N3O3+. The van der Waals surface area contributed by atoms with E-state index < -0.39 is 18.0 Å². The number of likely N-dealkylation sites (tertiary alicyclic amines) is 1. The summed E-state index contributed by atoms with van der Waals surface area (Å²) in [6.07, 6.45) is -1.36. The summed E-state index contributed by atoms with van der Waals surface area (Å²) in [5.41, 5.74) is 3.67. The fourth-order valence-electron chi connectivity index (χ4n) is 5.26. The van der Waals surface area contributed by atoms with Crippen molar-refractivity contribution in [2.45, 2.75) is 51.4 Å². The molecule has 6 nitrogen and oxygen atoms in total. The zero-order valence-electron chi connectivity index (χ0n) is 19.7. The van der Waals surface area contributed by atoms with Crippen molar-refractivity contribution in [2.24, 2.45) is 0 Å². The lowest BCUT2D eigenvalue weighted by Crippen LogP contribution is -2.60. The van der Waals surface area contributed by atoms with Crippen LogP contribution in [0.5, 0.6) is 0 Å². The van der Waals surface area contributed by atoms with Crippen molar-refractivity contribution in [3.8, 4) is 0 Å². The molecule has 190 valence electrons. The van der Waals surface area contributed by atoms with E-state index in [0.29, 0.717) is 17.6 Å². The van der Waals surface area contributed by atoms with Gasteiger partial charge in [0.05, 0.1) is 12.6 Å². The van der Waals surface area contributed by atoms with Gasteiger partial charge in [-0.3, -0.25) is 9.28 Å². The second kappa shape index (κ2) is 10.7. The molecule has 3 atom stereocenters. The molecule has 3 unspecified atom stereocenters. The van der Waals surface area contributed by atoms with Gasteiger partial charge < -0.3 is 15.7 Å². The van der Waals surface area contributed by atoms with E-state index in [-0.39, 0.29) is 5.91 Å². The number of anilines is 1. The molecule has 10 heteroatoms. The number of hydrogen-bond acceptors (Lipinski definition) is 3. The van der Waals surface area contributed by atoms with Crippen molar-refractivity contribution in [3.63, 3.8) is 0 Å². The van der Waals surface area contributed by atoms with Crippen LogP contribution < -0.4 is 15.1 Å². The Morgan fingerprint density at radius 1 is 1.14 bits per heavy atom.